The summed E-state index contributed by atoms with van der Waals surface area (Å²) in [7, 11) is 0. The molecule has 0 amide bonds. The second-order valence-corrected chi connectivity index (χ2v) is 2.08. The van der Waals surface area contributed by atoms with Crippen LogP contribution in [-0.4, -0.2) is 44.3 Å². The number of carboxylic acid groups (broad SMARTS) is 4. The molecule has 0 radical (unpaired) electrons. The summed E-state index contributed by atoms with van der Waals surface area (Å²) in [5, 5.41) is 29.7. The van der Waals surface area contributed by atoms with Gasteiger partial charge in [0.25, 0.3) is 23.9 Å². The Morgan fingerprint density at radius 1 is 0.524 bits per heavy atom. The van der Waals surface area contributed by atoms with Gasteiger partial charge in [-0.3, -0.25) is 19.2 Å². The molecule has 0 bridgehead atoms. The molecule has 0 fully saturated rings. The van der Waals surface area contributed by atoms with Crippen LogP contribution in [0, 0.1) is 0 Å². The molecule has 0 aromatic carbocycles. The van der Waals surface area contributed by atoms with Crippen LogP contribution < -0.4 is 235 Å². The standard InChI is InChI=1S/4C2H4O2.4K.Na.5H/c4*1-2(3)4;;;;;;;;;;/h4*1H3,(H,3,4);;;;;;;;;;/q;;;;5*+1;5*-1. The molecule has 0 aliphatic carbocycles. The minimum atomic E-state index is -0.833. The predicted octanol–water partition coefficient (Wildman–Crippen LogP) is -14.1. The molecular weight excluding hydrogens is 403 g/mol. The predicted molar refractivity (Wildman–Crippen MR) is 58.8 cm³/mol. The van der Waals surface area contributed by atoms with Crippen LogP contribution >= 0.6 is 0 Å². The monoisotopic (exact) mass is 424 g/mol. The van der Waals surface area contributed by atoms with E-state index in [1.807, 2.05) is 0 Å². The molecule has 0 rings (SSSR count). The van der Waals surface area contributed by atoms with Crippen LogP contribution in [0.4, 0.5) is 0 Å². The summed E-state index contributed by atoms with van der Waals surface area (Å²) in [6.07, 6.45) is 0. The zero-order valence-electron chi connectivity index (χ0n) is 19.4. The van der Waals surface area contributed by atoms with Crippen molar-refractivity contribution in [2.45, 2.75) is 27.7 Å². The van der Waals surface area contributed by atoms with Gasteiger partial charge in [-0.05, 0) is 0 Å². The Bertz CT molecular complexity index is 195. The molecule has 0 aromatic heterocycles. The van der Waals surface area contributed by atoms with Gasteiger partial charge in [0.05, 0.1) is 0 Å². The maximum Gasteiger partial charge on any atom is 1.00 e. The SMILES string of the molecule is CC(=O)O.CC(=O)O.CC(=O)O.CC(=O)O.[H-].[H-].[H-].[H-].[H-].[K+].[K+].[K+].[K+].[Na+]. The summed E-state index contributed by atoms with van der Waals surface area (Å²) in [4.78, 5) is 36.0. The van der Waals surface area contributed by atoms with Crippen LogP contribution in [0.15, 0.2) is 0 Å². The summed E-state index contributed by atoms with van der Waals surface area (Å²) in [5.41, 5.74) is 0. The van der Waals surface area contributed by atoms with Crippen LogP contribution in [0.1, 0.15) is 34.8 Å². The number of rotatable bonds is 0. The normalized spacial score (nSPS) is 4.76. The Balaban J connectivity index is -0.00000000545. The van der Waals surface area contributed by atoms with Gasteiger partial charge < -0.3 is 27.6 Å². The van der Waals surface area contributed by atoms with E-state index in [-0.39, 0.29) is 242 Å². The smallest absolute Gasteiger partial charge is 1.00 e. The van der Waals surface area contributed by atoms with Crippen molar-refractivity contribution in [3.8, 4) is 0 Å². The molecule has 0 aliphatic rings. The van der Waals surface area contributed by atoms with Gasteiger partial charge in [-0.25, -0.2) is 0 Å². The second kappa shape index (κ2) is 50.0. The Kier molecular flexibility index (Phi) is 134. The summed E-state index contributed by atoms with van der Waals surface area (Å²) >= 11 is 0. The Labute approximate surface area is 324 Å². The van der Waals surface area contributed by atoms with Gasteiger partial charge in [0, 0.05) is 27.7 Å². The van der Waals surface area contributed by atoms with Gasteiger partial charge in [-0.15, -0.1) is 0 Å². The summed E-state index contributed by atoms with van der Waals surface area (Å²) < 4.78 is 0. The molecule has 0 spiro atoms. The quantitative estimate of drug-likeness (QED) is 0.280. The van der Waals surface area contributed by atoms with E-state index < -0.39 is 23.9 Å². The van der Waals surface area contributed by atoms with Crippen LogP contribution in [-0.2, 0) is 19.2 Å². The minimum Gasteiger partial charge on any atom is -1.00 e. The van der Waals surface area contributed by atoms with Crippen LogP contribution in [0.5, 0.6) is 0 Å². The zero-order chi connectivity index (χ0) is 14.3. The molecule has 0 saturated heterocycles. The van der Waals surface area contributed by atoms with Crippen molar-refractivity contribution in [2.24, 2.45) is 0 Å². The molecule has 21 heavy (non-hydrogen) atoms. The van der Waals surface area contributed by atoms with E-state index in [2.05, 4.69) is 0 Å². The van der Waals surface area contributed by atoms with Gasteiger partial charge >= 0.3 is 235 Å². The average Bonchev–Trinajstić information content (AvgIpc) is 1.76. The molecule has 106 valence electrons. The molecule has 13 heteroatoms. The fourth-order valence-corrected chi connectivity index (χ4v) is 0. The van der Waals surface area contributed by atoms with Gasteiger partial charge in [-0.1, -0.05) is 0 Å². The van der Waals surface area contributed by atoms with Crippen molar-refractivity contribution in [3.63, 3.8) is 0 Å². The third-order valence-electron chi connectivity index (χ3n) is 0. The fraction of sp³-hybridized carbons (Fsp3) is 0.500. The van der Waals surface area contributed by atoms with Crippen molar-refractivity contribution in [2.75, 3.05) is 0 Å². The van der Waals surface area contributed by atoms with E-state index >= 15 is 0 Å². The zero-order valence-corrected chi connectivity index (χ0v) is 28.9. The third kappa shape index (κ3) is 474. The van der Waals surface area contributed by atoms with E-state index in [0.29, 0.717) is 0 Å². The molecule has 8 nitrogen and oxygen atoms in total. The maximum atomic E-state index is 9.00. The average molecular weight is 425 g/mol. The first kappa shape index (κ1) is 56.3. The van der Waals surface area contributed by atoms with Crippen molar-refractivity contribution < 1.29 is 282 Å². The first-order chi connectivity index (χ1) is 6.93. The number of aliphatic carboxylic acids is 4. The summed E-state index contributed by atoms with van der Waals surface area (Å²) in [6, 6.07) is 0. The van der Waals surface area contributed by atoms with Gasteiger partial charge in [-0.2, -0.15) is 0 Å². The van der Waals surface area contributed by atoms with Crippen molar-refractivity contribution in [3.05, 3.63) is 0 Å². The van der Waals surface area contributed by atoms with Crippen molar-refractivity contribution in [1.29, 1.82) is 0 Å². The molecule has 4 N–H and O–H groups in total. The molecule has 0 aromatic rings. The Morgan fingerprint density at radius 2 is 0.524 bits per heavy atom. The van der Waals surface area contributed by atoms with Crippen molar-refractivity contribution in [1.82, 2.24) is 0 Å². The van der Waals surface area contributed by atoms with E-state index in [4.69, 9.17) is 39.6 Å². The molecule has 0 unspecified atom stereocenters. The molecule has 0 aliphatic heterocycles. The maximum absolute atomic E-state index is 9.00. The van der Waals surface area contributed by atoms with E-state index in [0.717, 1.165) is 27.7 Å². The first-order valence-corrected chi connectivity index (χ1v) is 3.71. The van der Waals surface area contributed by atoms with E-state index in [1.165, 1.54) is 0 Å². The molecule has 0 atom stereocenters. The number of carboxylic acids is 4. The van der Waals surface area contributed by atoms with Gasteiger partial charge in [0.15, 0.2) is 0 Å². The summed E-state index contributed by atoms with van der Waals surface area (Å²) in [5.74, 6) is -3.33. The first-order valence-electron chi connectivity index (χ1n) is 3.71. The van der Waals surface area contributed by atoms with E-state index in [1.54, 1.807) is 0 Å². The van der Waals surface area contributed by atoms with Gasteiger partial charge in [0.1, 0.15) is 0 Å². The topological polar surface area (TPSA) is 149 Å². The second-order valence-electron chi connectivity index (χ2n) is 2.08. The largest absolute Gasteiger partial charge is 1.00 e. The van der Waals surface area contributed by atoms with Crippen LogP contribution in [0.3, 0.4) is 0 Å². The minimum absolute atomic E-state index is 0. The van der Waals surface area contributed by atoms with Crippen LogP contribution in [0.2, 0.25) is 0 Å². The fourth-order valence-electron chi connectivity index (χ4n) is 0. The molecule has 0 saturated carbocycles. The molecule has 0 heterocycles. The Morgan fingerprint density at radius 3 is 0.524 bits per heavy atom. The van der Waals surface area contributed by atoms with Crippen molar-refractivity contribution >= 4 is 23.9 Å². The number of hydrogen-bond acceptors (Lipinski definition) is 4. The van der Waals surface area contributed by atoms with E-state index in [9.17, 15) is 0 Å². The summed E-state index contributed by atoms with van der Waals surface area (Å²) in [6.45, 7) is 4.33. The van der Waals surface area contributed by atoms with Crippen LogP contribution in [0.25, 0.3) is 0 Å². The van der Waals surface area contributed by atoms with Gasteiger partial charge in [0.2, 0.25) is 0 Å². The number of carbonyl (C=O) groups is 4. The third-order valence-corrected chi connectivity index (χ3v) is 0. The number of hydrogen-bond donors (Lipinski definition) is 4. The Hall–Kier alpha value is 5.43. The molecular formula is C8H21K4NaO8.